The van der Waals surface area contributed by atoms with E-state index in [-0.39, 0.29) is 18.1 Å². The van der Waals surface area contributed by atoms with Crippen molar-refractivity contribution in [2.24, 2.45) is 0 Å². The average Bonchev–Trinajstić information content (AvgIpc) is 2.91. The monoisotopic (exact) mass is 343 g/mol. The fraction of sp³-hybridized carbons (Fsp3) is 0.118. The maximum Gasteiger partial charge on any atom is 0.274 e. The number of carbonyl (C=O) groups excluding carboxylic acids is 1. The summed E-state index contributed by atoms with van der Waals surface area (Å²) >= 11 is 6.00. The van der Waals surface area contributed by atoms with Crippen molar-refractivity contribution in [1.29, 1.82) is 0 Å². The Hall–Kier alpha value is -2.86. The Balaban J connectivity index is 1.82. The number of nitro groups is 1. The largest absolute Gasteiger partial charge is 0.338 e. The molecular weight excluding hydrogens is 330 g/mol. The van der Waals surface area contributed by atoms with E-state index in [2.05, 4.69) is 5.32 Å². The second-order valence-corrected chi connectivity index (χ2v) is 5.84. The van der Waals surface area contributed by atoms with Crippen molar-refractivity contribution in [3.05, 3.63) is 69.4 Å². The third-order valence-corrected chi connectivity index (χ3v) is 4.06. The van der Waals surface area contributed by atoms with Crippen LogP contribution in [-0.2, 0) is 11.3 Å². The molecule has 1 N–H and O–H groups in total. The van der Waals surface area contributed by atoms with E-state index in [9.17, 15) is 14.9 Å². The summed E-state index contributed by atoms with van der Waals surface area (Å²) < 4.78 is 1.78. The van der Waals surface area contributed by atoms with Gasteiger partial charge in [0, 0.05) is 22.8 Å². The number of carbonyl (C=O) groups is 1. The Morgan fingerprint density at radius 3 is 2.83 bits per heavy atom. The smallest absolute Gasteiger partial charge is 0.274 e. The summed E-state index contributed by atoms with van der Waals surface area (Å²) in [5.41, 5.74) is 1.69. The molecule has 0 aliphatic carbocycles. The maximum atomic E-state index is 12.3. The lowest BCUT2D eigenvalue weighted by Crippen LogP contribution is -2.19. The molecule has 6 nitrogen and oxygen atoms in total. The van der Waals surface area contributed by atoms with Crippen LogP contribution in [0.5, 0.6) is 0 Å². The Kier molecular flexibility index (Phi) is 4.22. The van der Waals surface area contributed by atoms with Crippen LogP contribution in [0, 0.1) is 17.0 Å². The van der Waals surface area contributed by atoms with E-state index >= 15 is 0 Å². The van der Waals surface area contributed by atoms with Gasteiger partial charge >= 0.3 is 0 Å². The molecule has 122 valence electrons. The quantitative estimate of drug-likeness (QED) is 0.571. The van der Waals surface area contributed by atoms with Gasteiger partial charge in [-0.05, 0) is 36.6 Å². The summed E-state index contributed by atoms with van der Waals surface area (Å²) in [7, 11) is 0. The predicted octanol–water partition coefficient (Wildman–Crippen LogP) is 4.15. The van der Waals surface area contributed by atoms with Crippen molar-refractivity contribution >= 4 is 39.8 Å². The Labute approximate surface area is 142 Å². The first-order chi connectivity index (χ1) is 11.5. The lowest BCUT2D eigenvalue weighted by atomic mass is 10.1. The van der Waals surface area contributed by atoms with Crippen molar-refractivity contribution < 1.29 is 9.72 Å². The van der Waals surface area contributed by atoms with E-state index < -0.39 is 4.92 Å². The Morgan fingerprint density at radius 1 is 1.29 bits per heavy atom. The van der Waals surface area contributed by atoms with Crippen LogP contribution in [0.4, 0.5) is 11.4 Å². The lowest BCUT2D eigenvalue weighted by molar-refractivity contribution is -0.385. The van der Waals surface area contributed by atoms with Crippen molar-refractivity contribution in [2.45, 2.75) is 13.5 Å². The van der Waals surface area contributed by atoms with E-state index in [1.165, 1.54) is 6.07 Å². The van der Waals surface area contributed by atoms with Gasteiger partial charge in [-0.15, -0.1) is 0 Å². The zero-order valence-electron chi connectivity index (χ0n) is 12.8. The molecule has 0 saturated carbocycles. The minimum absolute atomic E-state index is 0.0222. The minimum Gasteiger partial charge on any atom is -0.338 e. The summed E-state index contributed by atoms with van der Waals surface area (Å²) in [5.74, 6) is -0.268. The second-order valence-electron chi connectivity index (χ2n) is 5.40. The molecule has 2 aromatic carbocycles. The van der Waals surface area contributed by atoms with Crippen molar-refractivity contribution in [3.63, 3.8) is 0 Å². The fourth-order valence-corrected chi connectivity index (χ4v) is 2.76. The number of anilines is 1. The number of hydrogen-bond donors (Lipinski definition) is 1. The molecule has 0 aliphatic heterocycles. The normalized spacial score (nSPS) is 10.8. The van der Waals surface area contributed by atoms with Crippen LogP contribution in [0.15, 0.2) is 48.7 Å². The van der Waals surface area contributed by atoms with Crippen LogP contribution < -0.4 is 5.32 Å². The standard InChI is InChI=1S/C17H14ClN3O3/c1-11-14(3-2-4-15(11)21(23)24)19-17(22)10-20-8-7-12-5-6-13(18)9-16(12)20/h2-9H,10H2,1H3,(H,19,22). The van der Waals surface area contributed by atoms with Gasteiger partial charge < -0.3 is 9.88 Å². The van der Waals surface area contributed by atoms with Crippen LogP contribution in [0.2, 0.25) is 5.02 Å². The molecule has 0 unspecified atom stereocenters. The summed E-state index contributed by atoms with van der Waals surface area (Å²) in [5, 5.41) is 15.3. The van der Waals surface area contributed by atoms with Crippen molar-refractivity contribution in [1.82, 2.24) is 4.57 Å². The number of benzene rings is 2. The summed E-state index contributed by atoms with van der Waals surface area (Å²) in [6.45, 7) is 1.70. The number of nitrogens with one attached hydrogen (secondary N) is 1. The number of halogens is 1. The first-order valence-corrected chi connectivity index (χ1v) is 7.62. The first-order valence-electron chi connectivity index (χ1n) is 7.24. The van der Waals surface area contributed by atoms with Crippen LogP contribution in [0.25, 0.3) is 10.9 Å². The van der Waals surface area contributed by atoms with E-state index in [0.717, 1.165) is 10.9 Å². The lowest BCUT2D eigenvalue weighted by Gasteiger charge is -2.10. The van der Waals surface area contributed by atoms with E-state index in [1.807, 2.05) is 12.1 Å². The molecule has 0 aliphatic rings. The van der Waals surface area contributed by atoms with Gasteiger partial charge in [-0.2, -0.15) is 0 Å². The molecule has 0 radical (unpaired) electrons. The summed E-state index contributed by atoms with van der Waals surface area (Å²) in [6, 6.07) is 12.0. The number of fused-ring (bicyclic) bond motifs is 1. The molecule has 7 heteroatoms. The highest BCUT2D eigenvalue weighted by Gasteiger charge is 2.15. The van der Waals surface area contributed by atoms with Crippen LogP contribution in [0.1, 0.15) is 5.56 Å². The van der Waals surface area contributed by atoms with Gasteiger partial charge in [-0.25, -0.2) is 0 Å². The number of nitrogens with zero attached hydrogens (tertiary/aromatic N) is 2. The molecule has 0 atom stereocenters. The van der Waals surface area contributed by atoms with E-state index in [0.29, 0.717) is 16.3 Å². The van der Waals surface area contributed by atoms with Crippen molar-refractivity contribution in [3.8, 4) is 0 Å². The molecule has 0 saturated heterocycles. The third-order valence-electron chi connectivity index (χ3n) is 3.83. The van der Waals surface area contributed by atoms with Gasteiger partial charge in [0.15, 0.2) is 0 Å². The molecule has 24 heavy (non-hydrogen) atoms. The van der Waals surface area contributed by atoms with E-state index in [4.69, 9.17) is 11.6 Å². The molecule has 3 aromatic rings. The molecular formula is C17H14ClN3O3. The van der Waals surface area contributed by atoms with Gasteiger partial charge in [0.2, 0.25) is 5.91 Å². The van der Waals surface area contributed by atoms with Gasteiger partial charge in [0.25, 0.3) is 5.69 Å². The molecule has 0 fully saturated rings. The minimum atomic E-state index is -0.466. The third kappa shape index (κ3) is 3.09. The molecule has 1 amide bonds. The number of amides is 1. The van der Waals surface area contributed by atoms with Crippen molar-refractivity contribution in [2.75, 3.05) is 5.32 Å². The highest BCUT2D eigenvalue weighted by Crippen LogP contribution is 2.25. The van der Waals surface area contributed by atoms with E-state index in [1.54, 1.807) is 42.0 Å². The van der Waals surface area contributed by atoms with Crippen LogP contribution in [0.3, 0.4) is 0 Å². The van der Waals surface area contributed by atoms with Gasteiger partial charge in [0.1, 0.15) is 6.54 Å². The predicted molar refractivity (Wildman–Crippen MR) is 93.4 cm³/mol. The Bertz CT molecular complexity index is 949. The maximum absolute atomic E-state index is 12.3. The molecule has 0 spiro atoms. The topological polar surface area (TPSA) is 77.2 Å². The SMILES string of the molecule is Cc1c(NC(=O)Cn2ccc3ccc(Cl)cc32)cccc1[N+](=O)[O-]. The number of hydrogen-bond acceptors (Lipinski definition) is 3. The number of aromatic nitrogens is 1. The molecule has 0 bridgehead atoms. The zero-order valence-corrected chi connectivity index (χ0v) is 13.6. The van der Waals surface area contributed by atoms with Gasteiger partial charge in [-0.3, -0.25) is 14.9 Å². The van der Waals surface area contributed by atoms with Crippen LogP contribution >= 0.6 is 11.6 Å². The highest BCUT2D eigenvalue weighted by molar-refractivity contribution is 6.31. The average molecular weight is 344 g/mol. The summed E-state index contributed by atoms with van der Waals surface area (Å²) in [4.78, 5) is 22.8. The molecule has 3 rings (SSSR count). The van der Waals surface area contributed by atoms with Crippen LogP contribution in [-0.4, -0.2) is 15.4 Å². The number of rotatable bonds is 4. The summed E-state index contributed by atoms with van der Waals surface area (Å²) in [6.07, 6.45) is 1.81. The number of nitro benzene ring substituents is 1. The first kappa shape index (κ1) is 16.0. The van der Waals surface area contributed by atoms with Gasteiger partial charge in [-0.1, -0.05) is 23.7 Å². The van der Waals surface area contributed by atoms with Gasteiger partial charge in [0.05, 0.1) is 16.2 Å². The zero-order chi connectivity index (χ0) is 17.3. The molecule has 1 heterocycles. The fourth-order valence-electron chi connectivity index (χ4n) is 2.60. The molecule has 1 aromatic heterocycles. The highest BCUT2D eigenvalue weighted by atomic mass is 35.5. The second kappa shape index (κ2) is 6.33. The Morgan fingerprint density at radius 2 is 2.08 bits per heavy atom.